The average molecular weight is 227 g/mol. The molecule has 0 heterocycles. The molecule has 4 heteroatoms. The van der Waals surface area contributed by atoms with Crippen molar-refractivity contribution in [3.63, 3.8) is 0 Å². The Balaban J connectivity index is 2.65. The van der Waals surface area contributed by atoms with Gasteiger partial charge in [0.2, 0.25) is 0 Å². The van der Waals surface area contributed by atoms with Crippen molar-refractivity contribution < 1.29 is 8.42 Å². The first-order valence-electron chi connectivity index (χ1n) is 4.88. The van der Waals surface area contributed by atoms with Crippen molar-refractivity contribution in [2.24, 2.45) is 5.73 Å². The van der Waals surface area contributed by atoms with E-state index in [0.29, 0.717) is 6.42 Å². The Kier molecular flexibility index (Phi) is 3.88. The highest BCUT2D eigenvalue weighted by Gasteiger charge is 2.09. The summed E-state index contributed by atoms with van der Waals surface area (Å²) in [4.78, 5) is 0. The first-order chi connectivity index (χ1) is 6.88. The Morgan fingerprint density at radius 3 is 2.60 bits per heavy atom. The third-order valence-corrected chi connectivity index (χ3v) is 3.25. The van der Waals surface area contributed by atoms with Crippen molar-refractivity contribution >= 4 is 9.84 Å². The van der Waals surface area contributed by atoms with Crippen LogP contribution in [0.25, 0.3) is 0 Å². The number of hydrogen-bond donors (Lipinski definition) is 1. The molecule has 0 amide bonds. The van der Waals surface area contributed by atoms with E-state index in [4.69, 9.17) is 5.73 Å². The monoisotopic (exact) mass is 227 g/mol. The topological polar surface area (TPSA) is 60.2 Å². The predicted octanol–water partition coefficient (Wildman–Crippen LogP) is 1.43. The van der Waals surface area contributed by atoms with Crippen LogP contribution in [0.15, 0.2) is 24.3 Å². The Morgan fingerprint density at radius 1 is 1.40 bits per heavy atom. The van der Waals surface area contributed by atoms with Crippen LogP contribution < -0.4 is 5.73 Å². The van der Waals surface area contributed by atoms with Crippen LogP contribution in [0.3, 0.4) is 0 Å². The SMILES string of the molecule is Cc1cccc(C(N)CCS(C)(=O)=O)c1. The minimum atomic E-state index is -2.92. The highest BCUT2D eigenvalue weighted by molar-refractivity contribution is 7.90. The number of aryl methyl sites for hydroxylation is 1. The standard InChI is InChI=1S/C11H17NO2S/c1-9-4-3-5-10(8-9)11(12)6-7-15(2,13)14/h3-5,8,11H,6-7,12H2,1-2H3. The minimum Gasteiger partial charge on any atom is -0.324 e. The smallest absolute Gasteiger partial charge is 0.147 e. The summed E-state index contributed by atoms with van der Waals surface area (Å²) in [6.45, 7) is 1.99. The third-order valence-electron chi connectivity index (χ3n) is 2.27. The van der Waals surface area contributed by atoms with E-state index >= 15 is 0 Å². The summed E-state index contributed by atoms with van der Waals surface area (Å²) >= 11 is 0. The zero-order valence-corrected chi connectivity index (χ0v) is 9.92. The highest BCUT2D eigenvalue weighted by atomic mass is 32.2. The summed E-state index contributed by atoms with van der Waals surface area (Å²) in [5, 5.41) is 0. The first kappa shape index (κ1) is 12.2. The summed E-state index contributed by atoms with van der Waals surface area (Å²) < 4.78 is 22.0. The van der Waals surface area contributed by atoms with Crippen LogP contribution in [0, 0.1) is 6.92 Å². The molecule has 84 valence electrons. The molecule has 0 bridgehead atoms. The van der Waals surface area contributed by atoms with Gasteiger partial charge < -0.3 is 5.73 Å². The van der Waals surface area contributed by atoms with Crippen molar-refractivity contribution in [2.45, 2.75) is 19.4 Å². The molecule has 0 fully saturated rings. The summed E-state index contributed by atoms with van der Waals surface area (Å²) in [6.07, 6.45) is 1.71. The molecule has 0 aliphatic rings. The predicted molar refractivity (Wildman–Crippen MR) is 62.4 cm³/mol. The number of hydrogen-bond acceptors (Lipinski definition) is 3. The van der Waals surface area contributed by atoms with E-state index < -0.39 is 9.84 Å². The second kappa shape index (κ2) is 4.77. The lowest BCUT2D eigenvalue weighted by Gasteiger charge is -2.11. The Labute approximate surface area is 91.2 Å². The van der Waals surface area contributed by atoms with Gasteiger partial charge in [0, 0.05) is 12.3 Å². The Bertz CT molecular complexity index is 426. The van der Waals surface area contributed by atoms with E-state index in [1.807, 2.05) is 31.2 Å². The molecule has 1 atom stereocenters. The van der Waals surface area contributed by atoms with Gasteiger partial charge in [-0.25, -0.2) is 8.42 Å². The zero-order chi connectivity index (χ0) is 11.5. The minimum absolute atomic E-state index is 0.141. The van der Waals surface area contributed by atoms with Gasteiger partial charge in [-0.2, -0.15) is 0 Å². The van der Waals surface area contributed by atoms with Crippen LogP contribution in [0.1, 0.15) is 23.6 Å². The molecule has 3 nitrogen and oxygen atoms in total. The van der Waals surface area contributed by atoms with Crippen LogP contribution in [0.2, 0.25) is 0 Å². The van der Waals surface area contributed by atoms with Crippen LogP contribution in [0.5, 0.6) is 0 Å². The largest absolute Gasteiger partial charge is 0.324 e. The van der Waals surface area contributed by atoms with E-state index in [2.05, 4.69) is 0 Å². The molecule has 1 rings (SSSR count). The van der Waals surface area contributed by atoms with E-state index in [9.17, 15) is 8.42 Å². The van der Waals surface area contributed by atoms with Gasteiger partial charge in [-0.3, -0.25) is 0 Å². The highest BCUT2D eigenvalue weighted by Crippen LogP contribution is 2.15. The molecule has 2 N–H and O–H groups in total. The summed E-state index contributed by atoms with van der Waals surface area (Å²) in [5.74, 6) is 0.141. The van der Waals surface area contributed by atoms with Crippen molar-refractivity contribution in [3.05, 3.63) is 35.4 Å². The summed E-state index contributed by atoms with van der Waals surface area (Å²) in [5.41, 5.74) is 8.05. The normalized spacial score (nSPS) is 13.8. The van der Waals surface area contributed by atoms with Crippen LogP contribution in [-0.2, 0) is 9.84 Å². The maximum atomic E-state index is 11.0. The number of nitrogens with two attached hydrogens (primary N) is 1. The molecular weight excluding hydrogens is 210 g/mol. The van der Waals surface area contributed by atoms with Gasteiger partial charge in [-0.05, 0) is 18.9 Å². The zero-order valence-electron chi connectivity index (χ0n) is 9.10. The molecule has 15 heavy (non-hydrogen) atoms. The molecular formula is C11H17NO2S. The van der Waals surface area contributed by atoms with Crippen LogP contribution in [-0.4, -0.2) is 20.4 Å². The molecule has 0 saturated carbocycles. The van der Waals surface area contributed by atoms with E-state index in [-0.39, 0.29) is 11.8 Å². The van der Waals surface area contributed by atoms with Gasteiger partial charge in [0.15, 0.2) is 0 Å². The van der Waals surface area contributed by atoms with Crippen molar-refractivity contribution in [3.8, 4) is 0 Å². The number of rotatable bonds is 4. The summed E-state index contributed by atoms with van der Waals surface area (Å²) in [6, 6.07) is 7.66. The number of benzene rings is 1. The fraction of sp³-hybridized carbons (Fsp3) is 0.455. The second-order valence-corrected chi connectivity index (χ2v) is 6.20. The van der Waals surface area contributed by atoms with Crippen LogP contribution in [0.4, 0.5) is 0 Å². The molecule has 1 unspecified atom stereocenters. The molecule has 0 aliphatic carbocycles. The molecule has 1 aromatic carbocycles. The molecule has 0 radical (unpaired) electrons. The van der Waals surface area contributed by atoms with Gasteiger partial charge >= 0.3 is 0 Å². The van der Waals surface area contributed by atoms with Crippen molar-refractivity contribution in [1.29, 1.82) is 0 Å². The second-order valence-electron chi connectivity index (χ2n) is 3.94. The maximum absolute atomic E-state index is 11.0. The van der Waals surface area contributed by atoms with Crippen molar-refractivity contribution in [1.82, 2.24) is 0 Å². The molecule has 0 aromatic heterocycles. The number of sulfone groups is 1. The Hall–Kier alpha value is -0.870. The molecule has 1 aromatic rings. The van der Waals surface area contributed by atoms with Gasteiger partial charge in [0.25, 0.3) is 0 Å². The fourth-order valence-corrected chi connectivity index (χ4v) is 2.09. The lowest BCUT2D eigenvalue weighted by atomic mass is 10.0. The quantitative estimate of drug-likeness (QED) is 0.846. The Morgan fingerprint density at radius 2 is 2.07 bits per heavy atom. The fourth-order valence-electron chi connectivity index (χ4n) is 1.41. The average Bonchev–Trinajstić information content (AvgIpc) is 2.13. The lowest BCUT2D eigenvalue weighted by molar-refractivity contribution is 0.591. The third kappa shape index (κ3) is 4.44. The van der Waals surface area contributed by atoms with Gasteiger partial charge in [-0.15, -0.1) is 0 Å². The van der Waals surface area contributed by atoms with Gasteiger partial charge in [0.1, 0.15) is 9.84 Å². The molecule has 0 aliphatic heterocycles. The van der Waals surface area contributed by atoms with Gasteiger partial charge in [0.05, 0.1) is 5.75 Å². The summed E-state index contributed by atoms with van der Waals surface area (Å²) in [7, 11) is -2.92. The lowest BCUT2D eigenvalue weighted by Crippen LogP contribution is -2.15. The maximum Gasteiger partial charge on any atom is 0.147 e. The molecule has 0 saturated heterocycles. The van der Waals surface area contributed by atoms with Crippen LogP contribution >= 0.6 is 0 Å². The van der Waals surface area contributed by atoms with E-state index in [1.54, 1.807) is 0 Å². The van der Waals surface area contributed by atoms with E-state index in [1.165, 1.54) is 6.26 Å². The van der Waals surface area contributed by atoms with Gasteiger partial charge in [-0.1, -0.05) is 29.8 Å². The van der Waals surface area contributed by atoms with E-state index in [0.717, 1.165) is 11.1 Å². The van der Waals surface area contributed by atoms with Crippen molar-refractivity contribution in [2.75, 3.05) is 12.0 Å². The first-order valence-corrected chi connectivity index (χ1v) is 6.94. The molecule has 0 spiro atoms.